The van der Waals surface area contributed by atoms with Crippen molar-refractivity contribution in [3.05, 3.63) is 10.6 Å². The van der Waals surface area contributed by atoms with Crippen LogP contribution in [-0.2, 0) is 12.0 Å². The minimum Gasteiger partial charge on any atom is -0.301 e. The van der Waals surface area contributed by atoms with Gasteiger partial charge in [0.1, 0.15) is 12.5 Å². The topological polar surface area (TPSA) is 33.6 Å². The van der Waals surface area contributed by atoms with E-state index in [2.05, 4.69) is 17.1 Å². The maximum absolute atomic E-state index is 12.2. The van der Waals surface area contributed by atoms with E-state index in [1.807, 2.05) is 0 Å². The van der Waals surface area contributed by atoms with Crippen LogP contribution >= 0.6 is 12.2 Å². The van der Waals surface area contributed by atoms with Crippen LogP contribution in [-0.4, -0.2) is 21.4 Å². The molecule has 1 saturated carbocycles. The summed E-state index contributed by atoms with van der Waals surface area (Å²) in [6.45, 7) is 2.06. The van der Waals surface area contributed by atoms with Gasteiger partial charge in [0.25, 0.3) is 0 Å². The van der Waals surface area contributed by atoms with E-state index in [0.29, 0.717) is 11.3 Å². The van der Waals surface area contributed by atoms with E-state index in [-0.39, 0.29) is 5.41 Å². The predicted molar refractivity (Wildman–Crippen MR) is 50.0 cm³/mol. The number of halogens is 1. The first-order valence-corrected chi connectivity index (χ1v) is 4.80. The molecule has 0 atom stereocenters. The third-order valence-electron chi connectivity index (χ3n) is 2.61. The summed E-state index contributed by atoms with van der Waals surface area (Å²) in [6.07, 6.45) is 2.25. The van der Waals surface area contributed by atoms with Crippen LogP contribution < -0.4 is 0 Å². The third kappa shape index (κ3) is 1.41. The third-order valence-corrected chi connectivity index (χ3v) is 2.92. The van der Waals surface area contributed by atoms with Crippen molar-refractivity contribution in [3.63, 3.8) is 0 Å². The molecule has 1 aliphatic carbocycles. The largest absolute Gasteiger partial charge is 0.301 e. The molecule has 0 bridgehead atoms. The van der Waals surface area contributed by atoms with Crippen LogP contribution in [0.1, 0.15) is 25.6 Å². The SMILES string of the molecule is CC1(c2n[nH]c(=S)n2CCF)CC1. The van der Waals surface area contributed by atoms with Gasteiger partial charge in [0.15, 0.2) is 4.77 Å². The monoisotopic (exact) mass is 201 g/mol. The first-order valence-electron chi connectivity index (χ1n) is 4.39. The molecule has 0 radical (unpaired) electrons. The van der Waals surface area contributed by atoms with Crippen molar-refractivity contribution in [1.82, 2.24) is 14.8 Å². The zero-order valence-corrected chi connectivity index (χ0v) is 8.33. The van der Waals surface area contributed by atoms with E-state index in [1.165, 1.54) is 0 Å². The quantitative estimate of drug-likeness (QED) is 0.758. The van der Waals surface area contributed by atoms with Crippen LogP contribution in [0.25, 0.3) is 0 Å². The lowest BCUT2D eigenvalue weighted by molar-refractivity contribution is 0.431. The Hall–Kier alpha value is -0.710. The maximum Gasteiger partial charge on any atom is 0.195 e. The van der Waals surface area contributed by atoms with Gasteiger partial charge < -0.3 is 4.57 Å². The molecule has 1 aromatic heterocycles. The van der Waals surface area contributed by atoms with Gasteiger partial charge in [-0.1, -0.05) is 6.92 Å². The molecule has 1 aliphatic rings. The van der Waals surface area contributed by atoms with Gasteiger partial charge in [0, 0.05) is 5.41 Å². The van der Waals surface area contributed by atoms with E-state index in [1.54, 1.807) is 4.57 Å². The van der Waals surface area contributed by atoms with Crippen LogP contribution in [0.3, 0.4) is 0 Å². The molecule has 0 saturated heterocycles. The van der Waals surface area contributed by atoms with Crippen molar-refractivity contribution in [2.24, 2.45) is 0 Å². The predicted octanol–water partition coefficient (Wildman–Crippen LogP) is 1.96. The number of rotatable bonds is 3. The van der Waals surface area contributed by atoms with Crippen molar-refractivity contribution < 1.29 is 4.39 Å². The van der Waals surface area contributed by atoms with Crippen molar-refractivity contribution in [2.45, 2.75) is 31.7 Å². The molecule has 0 spiro atoms. The average molecular weight is 201 g/mol. The van der Waals surface area contributed by atoms with E-state index in [4.69, 9.17) is 12.2 Å². The van der Waals surface area contributed by atoms with Crippen LogP contribution in [0.2, 0.25) is 0 Å². The second-order valence-corrected chi connectivity index (χ2v) is 4.14. The van der Waals surface area contributed by atoms with Gasteiger partial charge >= 0.3 is 0 Å². The summed E-state index contributed by atoms with van der Waals surface area (Å²) in [7, 11) is 0. The Labute approximate surface area is 81.0 Å². The Bertz CT molecular complexity index is 364. The van der Waals surface area contributed by atoms with E-state index >= 15 is 0 Å². The molecule has 1 aromatic rings. The molecule has 1 N–H and O–H groups in total. The zero-order valence-electron chi connectivity index (χ0n) is 7.51. The Morgan fingerprint density at radius 3 is 2.92 bits per heavy atom. The van der Waals surface area contributed by atoms with Crippen molar-refractivity contribution in [3.8, 4) is 0 Å². The minimum atomic E-state index is -0.392. The molecule has 1 fully saturated rings. The summed E-state index contributed by atoms with van der Waals surface area (Å²) in [4.78, 5) is 0. The van der Waals surface area contributed by atoms with Gasteiger partial charge in [0.05, 0.1) is 6.54 Å². The fourth-order valence-electron chi connectivity index (χ4n) is 1.48. The first-order chi connectivity index (χ1) is 6.17. The summed E-state index contributed by atoms with van der Waals surface area (Å²) < 4.78 is 14.5. The van der Waals surface area contributed by atoms with E-state index in [0.717, 1.165) is 18.7 Å². The minimum absolute atomic E-state index is 0.142. The highest BCUT2D eigenvalue weighted by molar-refractivity contribution is 7.71. The molecule has 13 heavy (non-hydrogen) atoms. The van der Waals surface area contributed by atoms with Crippen LogP contribution in [0.15, 0.2) is 0 Å². The lowest BCUT2D eigenvalue weighted by atomic mass is 10.1. The average Bonchev–Trinajstić information content (AvgIpc) is 2.72. The van der Waals surface area contributed by atoms with Gasteiger partial charge in [-0.3, -0.25) is 5.10 Å². The summed E-state index contributed by atoms with van der Waals surface area (Å²) in [5.41, 5.74) is 0.142. The highest BCUT2D eigenvalue weighted by atomic mass is 32.1. The van der Waals surface area contributed by atoms with Gasteiger partial charge in [-0.05, 0) is 25.1 Å². The van der Waals surface area contributed by atoms with Gasteiger partial charge in [-0.2, -0.15) is 5.10 Å². The highest BCUT2D eigenvalue weighted by Crippen LogP contribution is 2.46. The number of alkyl halides is 1. The van der Waals surface area contributed by atoms with E-state index < -0.39 is 6.67 Å². The smallest absolute Gasteiger partial charge is 0.195 e. The molecule has 2 rings (SSSR count). The lowest BCUT2D eigenvalue weighted by Gasteiger charge is -2.08. The number of aromatic amines is 1. The number of aromatic nitrogens is 3. The molecule has 0 aromatic carbocycles. The molecular weight excluding hydrogens is 189 g/mol. The molecule has 1 heterocycles. The normalized spacial score (nSPS) is 18.9. The maximum atomic E-state index is 12.2. The highest BCUT2D eigenvalue weighted by Gasteiger charge is 2.43. The first kappa shape index (κ1) is 8.87. The van der Waals surface area contributed by atoms with Crippen molar-refractivity contribution in [1.29, 1.82) is 0 Å². The fourth-order valence-corrected chi connectivity index (χ4v) is 1.70. The number of H-pyrrole nitrogens is 1. The van der Waals surface area contributed by atoms with Crippen molar-refractivity contribution in [2.75, 3.05) is 6.67 Å². The molecule has 72 valence electrons. The lowest BCUT2D eigenvalue weighted by Crippen LogP contribution is -2.12. The molecule has 0 aliphatic heterocycles. The zero-order chi connectivity index (χ0) is 9.47. The number of nitrogens with one attached hydrogen (secondary N) is 1. The van der Waals surface area contributed by atoms with Crippen LogP contribution in [0.4, 0.5) is 4.39 Å². The molecule has 3 nitrogen and oxygen atoms in total. The second kappa shape index (κ2) is 2.90. The van der Waals surface area contributed by atoms with Crippen LogP contribution in [0, 0.1) is 4.77 Å². The Balaban J connectivity index is 2.40. The summed E-state index contributed by atoms with van der Waals surface area (Å²) in [5, 5.41) is 6.86. The number of hydrogen-bond donors (Lipinski definition) is 1. The molecule has 0 unspecified atom stereocenters. The molecule has 0 amide bonds. The van der Waals surface area contributed by atoms with Crippen molar-refractivity contribution >= 4 is 12.2 Å². The fraction of sp³-hybridized carbons (Fsp3) is 0.750. The van der Waals surface area contributed by atoms with E-state index in [9.17, 15) is 4.39 Å². The van der Waals surface area contributed by atoms with Crippen LogP contribution in [0.5, 0.6) is 0 Å². The summed E-state index contributed by atoms with van der Waals surface area (Å²) >= 11 is 5.01. The summed E-state index contributed by atoms with van der Waals surface area (Å²) in [5.74, 6) is 0.912. The number of hydrogen-bond acceptors (Lipinski definition) is 2. The second-order valence-electron chi connectivity index (χ2n) is 3.75. The Morgan fingerprint density at radius 1 is 1.69 bits per heavy atom. The van der Waals surface area contributed by atoms with Gasteiger partial charge in [-0.15, -0.1) is 0 Å². The Morgan fingerprint density at radius 2 is 2.38 bits per heavy atom. The van der Waals surface area contributed by atoms with Gasteiger partial charge in [-0.25, -0.2) is 4.39 Å². The standard InChI is InChI=1S/C8H12FN3S/c1-8(2-3-8)6-10-11-7(13)12(6)5-4-9/h2-5H2,1H3,(H,11,13). The summed E-state index contributed by atoms with van der Waals surface area (Å²) in [6, 6.07) is 0. The number of nitrogens with zero attached hydrogens (tertiary/aromatic N) is 2. The molecular formula is C8H12FN3S. The Kier molecular flexibility index (Phi) is 1.98. The van der Waals surface area contributed by atoms with Gasteiger partial charge in [0.2, 0.25) is 0 Å². The molecule has 5 heteroatoms.